The van der Waals surface area contributed by atoms with Gasteiger partial charge in [0.2, 0.25) is 0 Å². The van der Waals surface area contributed by atoms with E-state index in [0.29, 0.717) is 31.6 Å². The molecule has 0 bridgehead atoms. The van der Waals surface area contributed by atoms with Crippen LogP contribution in [0.5, 0.6) is 5.75 Å². The Labute approximate surface area is 122 Å². The quantitative estimate of drug-likeness (QED) is 0.902. The highest BCUT2D eigenvalue weighted by Crippen LogP contribution is 2.23. The molecular formula is C15H20F2N2O2. The lowest BCUT2D eigenvalue weighted by Crippen LogP contribution is -2.38. The molecule has 0 radical (unpaired) electrons. The fourth-order valence-corrected chi connectivity index (χ4v) is 2.43. The summed E-state index contributed by atoms with van der Waals surface area (Å²) in [5, 5.41) is 0. The van der Waals surface area contributed by atoms with Gasteiger partial charge in [0.1, 0.15) is 0 Å². The van der Waals surface area contributed by atoms with Crippen LogP contribution >= 0.6 is 0 Å². The molecule has 0 atom stereocenters. The average Bonchev–Trinajstić information content (AvgIpc) is 2.47. The molecule has 1 aliphatic rings. The van der Waals surface area contributed by atoms with Crippen LogP contribution in [-0.2, 0) is 11.2 Å². The first-order valence-electron chi connectivity index (χ1n) is 7.20. The van der Waals surface area contributed by atoms with Crippen LogP contribution in [0.25, 0.3) is 0 Å². The van der Waals surface area contributed by atoms with Gasteiger partial charge < -0.3 is 15.4 Å². The van der Waals surface area contributed by atoms with E-state index in [0.717, 1.165) is 19.3 Å². The minimum Gasteiger partial charge on any atom is -0.478 e. The molecule has 1 aromatic carbocycles. The second kappa shape index (κ2) is 7.36. The zero-order valence-corrected chi connectivity index (χ0v) is 11.9. The summed E-state index contributed by atoms with van der Waals surface area (Å²) >= 11 is 0. The lowest BCUT2D eigenvalue weighted by atomic mass is 10.1. The molecule has 0 spiro atoms. The molecule has 4 nitrogen and oxygen atoms in total. The number of nitrogens with two attached hydrogens (primary N) is 1. The van der Waals surface area contributed by atoms with Crippen molar-refractivity contribution >= 4 is 5.91 Å². The topological polar surface area (TPSA) is 55.6 Å². The highest BCUT2D eigenvalue weighted by Gasteiger charge is 2.19. The Morgan fingerprint density at radius 2 is 1.81 bits per heavy atom. The number of piperidine rings is 1. The Bertz CT molecular complexity index is 479. The van der Waals surface area contributed by atoms with E-state index in [-0.39, 0.29) is 12.5 Å². The van der Waals surface area contributed by atoms with Gasteiger partial charge in [-0.3, -0.25) is 4.79 Å². The standard InChI is InChI=1S/C15H20F2N2O2/c16-12-8-11(4-5-18)9-13(17)15(12)21-10-14(20)19-6-2-1-3-7-19/h8-9H,1-7,10,18H2. The third-order valence-corrected chi connectivity index (χ3v) is 3.54. The highest BCUT2D eigenvalue weighted by atomic mass is 19.1. The Morgan fingerprint density at radius 1 is 1.19 bits per heavy atom. The fourth-order valence-electron chi connectivity index (χ4n) is 2.43. The molecule has 21 heavy (non-hydrogen) atoms. The zero-order valence-electron chi connectivity index (χ0n) is 11.9. The van der Waals surface area contributed by atoms with Crippen molar-refractivity contribution in [3.8, 4) is 5.75 Å². The van der Waals surface area contributed by atoms with Crippen LogP contribution < -0.4 is 10.5 Å². The van der Waals surface area contributed by atoms with E-state index in [4.69, 9.17) is 10.5 Å². The summed E-state index contributed by atoms with van der Waals surface area (Å²) in [7, 11) is 0. The molecule has 1 aliphatic heterocycles. The van der Waals surface area contributed by atoms with Crippen molar-refractivity contribution in [3.63, 3.8) is 0 Å². The maximum absolute atomic E-state index is 13.8. The first kappa shape index (κ1) is 15.7. The van der Waals surface area contributed by atoms with E-state index < -0.39 is 17.4 Å². The normalized spacial score (nSPS) is 15.1. The molecule has 1 aromatic rings. The number of benzene rings is 1. The van der Waals surface area contributed by atoms with Gasteiger partial charge in [0.25, 0.3) is 5.91 Å². The third-order valence-electron chi connectivity index (χ3n) is 3.54. The number of hydrogen-bond donors (Lipinski definition) is 1. The van der Waals surface area contributed by atoms with E-state index >= 15 is 0 Å². The molecule has 1 heterocycles. The van der Waals surface area contributed by atoms with E-state index in [1.165, 1.54) is 12.1 Å². The smallest absolute Gasteiger partial charge is 0.260 e. The van der Waals surface area contributed by atoms with Crippen LogP contribution in [-0.4, -0.2) is 37.0 Å². The number of halogens is 2. The maximum Gasteiger partial charge on any atom is 0.260 e. The molecule has 0 unspecified atom stereocenters. The maximum atomic E-state index is 13.8. The molecule has 6 heteroatoms. The summed E-state index contributed by atoms with van der Waals surface area (Å²) in [4.78, 5) is 13.6. The monoisotopic (exact) mass is 298 g/mol. The van der Waals surface area contributed by atoms with Gasteiger partial charge in [-0.05, 0) is 49.9 Å². The Balaban J connectivity index is 1.97. The first-order valence-corrected chi connectivity index (χ1v) is 7.20. The Hall–Kier alpha value is -1.69. The van der Waals surface area contributed by atoms with Crippen molar-refractivity contribution in [2.24, 2.45) is 5.73 Å². The Morgan fingerprint density at radius 3 is 2.38 bits per heavy atom. The van der Waals surface area contributed by atoms with Crippen LogP contribution in [0, 0.1) is 11.6 Å². The van der Waals surface area contributed by atoms with Crippen molar-refractivity contribution in [1.82, 2.24) is 4.90 Å². The molecule has 0 aliphatic carbocycles. The van der Waals surface area contributed by atoms with Crippen molar-refractivity contribution in [3.05, 3.63) is 29.3 Å². The minimum atomic E-state index is -0.801. The van der Waals surface area contributed by atoms with E-state index in [1.54, 1.807) is 4.90 Å². The van der Waals surface area contributed by atoms with Gasteiger partial charge in [0.05, 0.1) is 0 Å². The lowest BCUT2D eigenvalue weighted by molar-refractivity contribution is -0.134. The second-order valence-corrected chi connectivity index (χ2v) is 5.16. The summed E-state index contributed by atoms with van der Waals surface area (Å²) in [5.74, 6) is -2.34. The third kappa shape index (κ3) is 4.14. The number of carbonyl (C=O) groups excluding carboxylic acids is 1. The van der Waals surface area contributed by atoms with Crippen molar-refractivity contribution in [1.29, 1.82) is 0 Å². The number of rotatable bonds is 5. The van der Waals surface area contributed by atoms with Crippen LogP contribution in [0.4, 0.5) is 8.78 Å². The number of carbonyl (C=O) groups is 1. The summed E-state index contributed by atoms with van der Waals surface area (Å²) in [6.07, 6.45) is 3.42. The molecule has 2 rings (SSSR count). The number of amides is 1. The lowest BCUT2D eigenvalue weighted by Gasteiger charge is -2.26. The summed E-state index contributed by atoms with van der Waals surface area (Å²) in [5.41, 5.74) is 5.83. The molecule has 1 fully saturated rings. The van der Waals surface area contributed by atoms with Gasteiger partial charge in [-0.1, -0.05) is 0 Å². The molecule has 2 N–H and O–H groups in total. The molecule has 1 saturated heterocycles. The molecule has 0 aromatic heterocycles. The minimum absolute atomic E-state index is 0.237. The van der Waals surface area contributed by atoms with Gasteiger partial charge in [0, 0.05) is 13.1 Å². The Kier molecular flexibility index (Phi) is 5.50. The van der Waals surface area contributed by atoms with Crippen molar-refractivity contribution in [2.75, 3.05) is 26.2 Å². The first-order chi connectivity index (χ1) is 10.1. The van der Waals surface area contributed by atoms with E-state index in [1.807, 2.05) is 0 Å². The van der Waals surface area contributed by atoms with Gasteiger partial charge in [-0.15, -0.1) is 0 Å². The molecule has 1 amide bonds. The predicted octanol–water partition coefficient (Wildman–Crippen LogP) is 1.86. The molecule has 0 saturated carbocycles. The van der Waals surface area contributed by atoms with Crippen LogP contribution in [0.1, 0.15) is 24.8 Å². The SMILES string of the molecule is NCCc1cc(F)c(OCC(=O)N2CCCCC2)c(F)c1. The van der Waals surface area contributed by atoms with E-state index in [9.17, 15) is 13.6 Å². The number of hydrogen-bond acceptors (Lipinski definition) is 3. The van der Waals surface area contributed by atoms with Crippen LogP contribution in [0.15, 0.2) is 12.1 Å². The average molecular weight is 298 g/mol. The summed E-state index contributed by atoms with van der Waals surface area (Å²) in [6.45, 7) is 1.34. The molecule has 116 valence electrons. The largest absolute Gasteiger partial charge is 0.478 e. The summed E-state index contributed by atoms with van der Waals surface area (Å²) in [6, 6.07) is 2.38. The van der Waals surface area contributed by atoms with Gasteiger partial charge in [-0.25, -0.2) is 8.78 Å². The fraction of sp³-hybridized carbons (Fsp3) is 0.533. The zero-order chi connectivity index (χ0) is 15.2. The van der Waals surface area contributed by atoms with Gasteiger partial charge in [-0.2, -0.15) is 0 Å². The van der Waals surface area contributed by atoms with Crippen LogP contribution in [0.3, 0.4) is 0 Å². The van der Waals surface area contributed by atoms with Crippen LogP contribution in [0.2, 0.25) is 0 Å². The van der Waals surface area contributed by atoms with Crippen molar-refractivity contribution in [2.45, 2.75) is 25.7 Å². The van der Waals surface area contributed by atoms with Crippen molar-refractivity contribution < 1.29 is 18.3 Å². The van der Waals surface area contributed by atoms with Gasteiger partial charge >= 0.3 is 0 Å². The van der Waals surface area contributed by atoms with E-state index in [2.05, 4.69) is 0 Å². The number of nitrogens with zero attached hydrogens (tertiary/aromatic N) is 1. The predicted molar refractivity (Wildman–Crippen MR) is 75.0 cm³/mol. The number of ether oxygens (including phenoxy) is 1. The van der Waals surface area contributed by atoms with Gasteiger partial charge in [0.15, 0.2) is 24.0 Å². The molecular weight excluding hydrogens is 278 g/mol. The summed E-state index contributed by atoms with van der Waals surface area (Å²) < 4.78 is 32.6. The highest BCUT2D eigenvalue weighted by molar-refractivity contribution is 5.77. The number of likely N-dealkylation sites (tertiary alicyclic amines) is 1. The second-order valence-electron chi connectivity index (χ2n) is 5.16.